The Morgan fingerprint density at radius 1 is 1.06 bits per heavy atom. The molecule has 0 N–H and O–H groups in total. The van der Waals surface area contributed by atoms with Crippen molar-refractivity contribution in [2.24, 2.45) is 23.2 Å². The van der Waals surface area contributed by atoms with Gasteiger partial charge in [-0.25, -0.2) is 0 Å². The fourth-order valence-electron chi connectivity index (χ4n) is 4.02. The minimum absolute atomic E-state index is 0.719. The summed E-state index contributed by atoms with van der Waals surface area (Å²) in [7, 11) is 0. The Labute approximate surface area is 116 Å². The van der Waals surface area contributed by atoms with Crippen molar-refractivity contribution < 1.29 is 0 Å². The number of unbranched alkanes of at least 4 members (excludes halogenated alkanes) is 3. The van der Waals surface area contributed by atoms with Crippen LogP contribution in [0.25, 0.3) is 0 Å². The van der Waals surface area contributed by atoms with E-state index in [-0.39, 0.29) is 0 Å². The van der Waals surface area contributed by atoms with E-state index in [2.05, 4.69) is 34.6 Å². The van der Waals surface area contributed by atoms with Crippen molar-refractivity contribution in [3.63, 3.8) is 0 Å². The highest BCUT2D eigenvalue weighted by molar-refractivity contribution is 4.96. The van der Waals surface area contributed by atoms with E-state index in [4.69, 9.17) is 0 Å². The molecule has 1 aliphatic carbocycles. The van der Waals surface area contributed by atoms with Gasteiger partial charge in [-0.2, -0.15) is 0 Å². The first-order valence-electron chi connectivity index (χ1n) is 8.55. The molecular weight excluding hydrogens is 216 g/mol. The van der Waals surface area contributed by atoms with Crippen LogP contribution in [0.1, 0.15) is 92.4 Å². The fraction of sp³-hybridized carbons (Fsp3) is 1.00. The van der Waals surface area contributed by atoms with Crippen molar-refractivity contribution in [2.45, 2.75) is 92.4 Å². The van der Waals surface area contributed by atoms with Crippen LogP contribution >= 0.6 is 0 Å². The quantitative estimate of drug-likeness (QED) is 0.414. The fourth-order valence-corrected chi connectivity index (χ4v) is 4.02. The molecular formula is C18H36. The molecule has 1 fully saturated rings. The Balaban J connectivity index is 2.19. The molecule has 0 radical (unpaired) electrons. The van der Waals surface area contributed by atoms with Gasteiger partial charge in [0.1, 0.15) is 0 Å². The molecule has 0 spiro atoms. The second-order valence-electron chi connectivity index (χ2n) is 7.18. The van der Waals surface area contributed by atoms with Gasteiger partial charge < -0.3 is 0 Å². The lowest BCUT2D eigenvalue weighted by Gasteiger charge is -2.53. The molecule has 0 bridgehead atoms. The molecule has 4 unspecified atom stereocenters. The highest BCUT2D eigenvalue weighted by atomic mass is 14.5. The Bertz CT molecular complexity index is 220. The number of rotatable bonds is 9. The summed E-state index contributed by atoms with van der Waals surface area (Å²) in [6.07, 6.45) is 13.0. The minimum Gasteiger partial charge on any atom is -0.0654 e. The zero-order valence-corrected chi connectivity index (χ0v) is 13.6. The van der Waals surface area contributed by atoms with E-state index in [1.165, 1.54) is 57.8 Å². The van der Waals surface area contributed by atoms with Crippen molar-refractivity contribution >= 4 is 0 Å². The largest absolute Gasteiger partial charge is 0.0654 e. The first kappa shape index (κ1) is 16.1. The van der Waals surface area contributed by atoms with Gasteiger partial charge in [0.15, 0.2) is 0 Å². The summed E-state index contributed by atoms with van der Waals surface area (Å²) in [5.74, 6) is 2.90. The molecule has 0 aliphatic heterocycles. The zero-order chi connectivity index (χ0) is 13.6. The monoisotopic (exact) mass is 252 g/mol. The number of hydrogen-bond donors (Lipinski definition) is 0. The van der Waals surface area contributed by atoms with Gasteiger partial charge in [-0.05, 0) is 36.0 Å². The second-order valence-corrected chi connectivity index (χ2v) is 7.18. The van der Waals surface area contributed by atoms with E-state index < -0.39 is 0 Å². The Kier molecular flexibility index (Phi) is 6.74. The Morgan fingerprint density at radius 3 is 2.28 bits per heavy atom. The molecule has 108 valence electrons. The van der Waals surface area contributed by atoms with Crippen molar-refractivity contribution in [3.8, 4) is 0 Å². The lowest BCUT2D eigenvalue weighted by Crippen LogP contribution is -2.44. The smallest absolute Gasteiger partial charge is 0.0269 e. The van der Waals surface area contributed by atoms with Gasteiger partial charge in [-0.3, -0.25) is 0 Å². The molecule has 0 amide bonds. The van der Waals surface area contributed by atoms with E-state index in [0.717, 1.165) is 23.2 Å². The maximum atomic E-state index is 2.49. The van der Waals surface area contributed by atoms with Gasteiger partial charge in [0.25, 0.3) is 0 Å². The highest BCUT2D eigenvalue weighted by Gasteiger charge is 2.46. The van der Waals surface area contributed by atoms with Crippen LogP contribution in [0, 0.1) is 23.2 Å². The minimum atomic E-state index is 0.719. The van der Waals surface area contributed by atoms with Crippen LogP contribution in [0.15, 0.2) is 0 Å². The van der Waals surface area contributed by atoms with Gasteiger partial charge in [0, 0.05) is 0 Å². The molecule has 0 aromatic rings. The van der Waals surface area contributed by atoms with Gasteiger partial charge in [-0.15, -0.1) is 0 Å². The zero-order valence-electron chi connectivity index (χ0n) is 13.6. The summed E-state index contributed by atoms with van der Waals surface area (Å²) in [4.78, 5) is 0. The molecule has 1 rings (SSSR count). The predicted molar refractivity (Wildman–Crippen MR) is 82.8 cm³/mol. The van der Waals surface area contributed by atoms with E-state index in [0.29, 0.717) is 0 Å². The van der Waals surface area contributed by atoms with Crippen molar-refractivity contribution in [2.75, 3.05) is 0 Å². The average molecular weight is 252 g/mol. The molecule has 1 aliphatic rings. The topological polar surface area (TPSA) is 0 Å². The standard InChI is InChI=1S/C18H36/c1-6-8-9-10-11-15(3)12-13-18(7-2)14-16(4)17(18)5/h15-17H,6-14H2,1-5H3. The lowest BCUT2D eigenvalue weighted by atomic mass is 9.52. The van der Waals surface area contributed by atoms with Gasteiger partial charge in [0.05, 0.1) is 0 Å². The average Bonchev–Trinajstić information content (AvgIpc) is 2.38. The van der Waals surface area contributed by atoms with E-state index in [9.17, 15) is 0 Å². The Morgan fingerprint density at radius 2 is 1.78 bits per heavy atom. The van der Waals surface area contributed by atoms with E-state index in [1.54, 1.807) is 0 Å². The second kappa shape index (κ2) is 7.56. The van der Waals surface area contributed by atoms with Crippen molar-refractivity contribution in [3.05, 3.63) is 0 Å². The SMILES string of the molecule is CCCCCCC(C)CCC1(CC)CC(C)C1C. The lowest BCUT2D eigenvalue weighted by molar-refractivity contribution is -0.0369. The van der Waals surface area contributed by atoms with Gasteiger partial charge >= 0.3 is 0 Å². The molecule has 0 aromatic heterocycles. The van der Waals surface area contributed by atoms with Crippen LogP contribution < -0.4 is 0 Å². The van der Waals surface area contributed by atoms with Gasteiger partial charge in [0.2, 0.25) is 0 Å². The molecule has 0 nitrogen and oxygen atoms in total. The molecule has 1 saturated carbocycles. The summed E-state index contributed by atoms with van der Waals surface area (Å²) < 4.78 is 0. The predicted octanol–water partition coefficient (Wildman–Crippen LogP) is 6.45. The van der Waals surface area contributed by atoms with Crippen LogP contribution in [-0.2, 0) is 0 Å². The molecule has 0 saturated heterocycles. The first-order valence-corrected chi connectivity index (χ1v) is 8.55. The summed E-state index contributed by atoms with van der Waals surface area (Å²) in [6.45, 7) is 12.1. The third-order valence-electron chi connectivity index (χ3n) is 5.94. The summed E-state index contributed by atoms with van der Waals surface area (Å²) in [5.41, 5.74) is 0.719. The summed E-state index contributed by atoms with van der Waals surface area (Å²) in [6, 6.07) is 0. The third-order valence-corrected chi connectivity index (χ3v) is 5.94. The Hall–Kier alpha value is 0. The van der Waals surface area contributed by atoms with Crippen LogP contribution in [0.2, 0.25) is 0 Å². The van der Waals surface area contributed by atoms with Crippen molar-refractivity contribution in [1.29, 1.82) is 0 Å². The van der Waals surface area contributed by atoms with E-state index >= 15 is 0 Å². The van der Waals surface area contributed by atoms with Crippen LogP contribution in [0.4, 0.5) is 0 Å². The maximum Gasteiger partial charge on any atom is -0.0269 e. The third kappa shape index (κ3) is 4.00. The van der Waals surface area contributed by atoms with Crippen molar-refractivity contribution in [1.82, 2.24) is 0 Å². The summed E-state index contributed by atoms with van der Waals surface area (Å²) in [5, 5.41) is 0. The van der Waals surface area contributed by atoms with E-state index in [1.807, 2.05) is 0 Å². The maximum absolute atomic E-state index is 2.49. The highest BCUT2D eigenvalue weighted by Crippen LogP contribution is 2.56. The molecule has 0 aromatic carbocycles. The van der Waals surface area contributed by atoms with Gasteiger partial charge in [-0.1, -0.05) is 79.6 Å². The first-order chi connectivity index (χ1) is 8.55. The van der Waals surface area contributed by atoms with Crippen LogP contribution in [0.3, 0.4) is 0 Å². The normalized spacial score (nSPS) is 33.2. The number of hydrogen-bond acceptors (Lipinski definition) is 0. The molecule has 0 heterocycles. The molecule has 0 heteroatoms. The molecule has 18 heavy (non-hydrogen) atoms. The summed E-state index contributed by atoms with van der Waals surface area (Å²) >= 11 is 0. The molecule has 4 atom stereocenters. The van der Waals surface area contributed by atoms with Crippen LogP contribution in [0.5, 0.6) is 0 Å². The van der Waals surface area contributed by atoms with Crippen LogP contribution in [-0.4, -0.2) is 0 Å².